The molecule has 1 heterocycles. The molecule has 5 heteroatoms. The van der Waals surface area contributed by atoms with E-state index >= 15 is 0 Å². The van der Waals surface area contributed by atoms with Crippen molar-refractivity contribution in [3.8, 4) is 0 Å². The second-order valence-electron chi connectivity index (χ2n) is 4.66. The zero-order chi connectivity index (χ0) is 14.8. The highest BCUT2D eigenvalue weighted by Crippen LogP contribution is 2.16. The summed E-state index contributed by atoms with van der Waals surface area (Å²) in [5.41, 5.74) is 1.46. The third-order valence-corrected chi connectivity index (χ3v) is 4.02. The van der Waals surface area contributed by atoms with Crippen molar-refractivity contribution in [1.82, 2.24) is 5.06 Å². The smallest absolute Gasteiger partial charge is 0.268 e. The van der Waals surface area contributed by atoms with Crippen LogP contribution < -0.4 is 10.6 Å². The standard InChI is InChI=1S/C16H14N2O2S/c1-21-12-7-8-14-13(9-12)16(11-5-3-2-4-6-11)18(20)10-15(19)17-14/h2-9,20H,10H2,1H3. The average molecular weight is 298 g/mol. The van der Waals surface area contributed by atoms with Crippen LogP contribution in [0.4, 0.5) is 0 Å². The quantitative estimate of drug-likeness (QED) is 0.852. The molecule has 1 aliphatic heterocycles. The van der Waals surface area contributed by atoms with Crippen molar-refractivity contribution in [2.75, 3.05) is 12.8 Å². The van der Waals surface area contributed by atoms with Gasteiger partial charge in [0, 0.05) is 15.7 Å². The highest BCUT2D eigenvalue weighted by molar-refractivity contribution is 7.98. The fourth-order valence-corrected chi connectivity index (χ4v) is 2.79. The highest BCUT2D eigenvalue weighted by atomic mass is 32.2. The Labute approximate surface area is 126 Å². The molecule has 0 aromatic heterocycles. The minimum absolute atomic E-state index is 0.145. The maximum Gasteiger partial charge on any atom is 0.268 e. The van der Waals surface area contributed by atoms with Gasteiger partial charge in [0.2, 0.25) is 0 Å². The molecule has 0 atom stereocenters. The average Bonchev–Trinajstić information content (AvgIpc) is 2.61. The molecule has 1 amide bonds. The van der Waals surface area contributed by atoms with E-state index in [4.69, 9.17) is 0 Å². The number of amides is 1. The molecule has 0 unspecified atom stereocenters. The van der Waals surface area contributed by atoms with Crippen molar-refractivity contribution in [3.05, 3.63) is 64.7 Å². The first kappa shape index (κ1) is 13.9. The Hall–Kier alpha value is -2.11. The molecule has 21 heavy (non-hydrogen) atoms. The first-order chi connectivity index (χ1) is 10.2. The number of rotatable bonds is 2. The zero-order valence-electron chi connectivity index (χ0n) is 11.5. The number of thioether (sulfide) groups is 1. The van der Waals surface area contributed by atoms with E-state index in [1.165, 1.54) is 0 Å². The molecule has 3 rings (SSSR count). The lowest BCUT2D eigenvalue weighted by molar-refractivity contribution is -0.125. The molecular formula is C16H14N2O2S. The molecule has 2 aromatic carbocycles. The summed E-state index contributed by atoms with van der Waals surface area (Å²) in [4.78, 5) is 16.9. The number of hydroxylamine groups is 2. The predicted octanol–water partition coefficient (Wildman–Crippen LogP) is 1.42. The fraction of sp³-hybridized carbons (Fsp3) is 0.125. The Kier molecular flexibility index (Phi) is 3.77. The summed E-state index contributed by atoms with van der Waals surface area (Å²) < 4.78 is 0. The van der Waals surface area contributed by atoms with Crippen LogP contribution in [0, 0.1) is 0 Å². The van der Waals surface area contributed by atoms with E-state index in [0.717, 1.165) is 20.7 Å². The topological polar surface area (TPSA) is 52.9 Å². The SMILES string of the molecule is CSc1ccc2c(c1)=C(c1ccccc1)N(O)CC(=O)N=2. The Bertz CT molecular complexity index is 803. The van der Waals surface area contributed by atoms with Crippen LogP contribution in [0.2, 0.25) is 0 Å². The van der Waals surface area contributed by atoms with Crippen molar-refractivity contribution < 1.29 is 10.0 Å². The van der Waals surface area contributed by atoms with Gasteiger partial charge in [-0.15, -0.1) is 11.8 Å². The van der Waals surface area contributed by atoms with E-state index in [2.05, 4.69) is 4.99 Å². The number of benzene rings is 2. The number of carbonyl (C=O) groups is 1. The Morgan fingerprint density at radius 1 is 1.19 bits per heavy atom. The van der Waals surface area contributed by atoms with Crippen LogP contribution in [0.5, 0.6) is 0 Å². The molecule has 0 aliphatic carbocycles. The van der Waals surface area contributed by atoms with Crippen molar-refractivity contribution in [2.45, 2.75) is 4.90 Å². The van der Waals surface area contributed by atoms with E-state index in [0.29, 0.717) is 11.1 Å². The Balaban J connectivity index is 2.41. The molecule has 2 aromatic rings. The van der Waals surface area contributed by atoms with Crippen LogP contribution in [0.15, 0.2) is 58.4 Å². The fourth-order valence-electron chi connectivity index (χ4n) is 2.35. The third-order valence-electron chi connectivity index (χ3n) is 3.29. The van der Waals surface area contributed by atoms with Crippen LogP contribution in [-0.4, -0.2) is 29.0 Å². The maximum atomic E-state index is 11.8. The number of hydrogen-bond acceptors (Lipinski definition) is 4. The lowest BCUT2D eigenvalue weighted by Crippen LogP contribution is -2.32. The molecule has 1 N–H and O–H groups in total. The predicted molar refractivity (Wildman–Crippen MR) is 81.5 cm³/mol. The van der Waals surface area contributed by atoms with Crippen LogP contribution in [-0.2, 0) is 4.79 Å². The normalized spacial score (nSPS) is 14.5. The Morgan fingerprint density at radius 3 is 2.67 bits per heavy atom. The molecule has 4 nitrogen and oxygen atoms in total. The minimum atomic E-state index is -0.360. The molecular weight excluding hydrogens is 284 g/mol. The number of hydrogen-bond donors (Lipinski definition) is 1. The van der Waals surface area contributed by atoms with E-state index < -0.39 is 0 Å². The van der Waals surface area contributed by atoms with Gasteiger partial charge in [0.15, 0.2) is 0 Å². The highest BCUT2D eigenvalue weighted by Gasteiger charge is 2.18. The molecule has 0 spiro atoms. The third kappa shape index (κ3) is 2.70. The summed E-state index contributed by atoms with van der Waals surface area (Å²) >= 11 is 1.61. The molecule has 0 fully saturated rings. The van der Waals surface area contributed by atoms with Gasteiger partial charge in [0.25, 0.3) is 5.91 Å². The molecule has 0 radical (unpaired) electrons. The van der Waals surface area contributed by atoms with E-state index in [9.17, 15) is 10.0 Å². The second-order valence-corrected chi connectivity index (χ2v) is 5.54. The summed E-state index contributed by atoms with van der Waals surface area (Å²) in [6.45, 7) is -0.145. The van der Waals surface area contributed by atoms with Gasteiger partial charge in [0.05, 0.1) is 11.1 Å². The van der Waals surface area contributed by atoms with Gasteiger partial charge in [-0.25, -0.2) is 10.1 Å². The Morgan fingerprint density at radius 2 is 1.95 bits per heavy atom. The zero-order valence-corrected chi connectivity index (χ0v) is 12.3. The molecule has 1 aliphatic rings. The van der Waals surface area contributed by atoms with E-state index in [1.807, 2.05) is 54.8 Å². The van der Waals surface area contributed by atoms with Crippen LogP contribution >= 0.6 is 11.8 Å². The largest absolute Gasteiger partial charge is 0.288 e. The summed E-state index contributed by atoms with van der Waals surface area (Å²) in [6, 6.07) is 15.2. The van der Waals surface area contributed by atoms with Crippen LogP contribution in [0.3, 0.4) is 0 Å². The summed E-state index contributed by atoms with van der Waals surface area (Å²) in [6.07, 6.45) is 1.99. The summed E-state index contributed by atoms with van der Waals surface area (Å²) in [5.74, 6) is -0.360. The van der Waals surface area contributed by atoms with Crippen molar-refractivity contribution in [1.29, 1.82) is 0 Å². The van der Waals surface area contributed by atoms with Gasteiger partial charge < -0.3 is 0 Å². The van der Waals surface area contributed by atoms with Crippen molar-refractivity contribution in [3.63, 3.8) is 0 Å². The molecule has 0 bridgehead atoms. The van der Waals surface area contributed by atoms with Gasteiger partial charge in [-0.2, -0.15) is 0 Å². The van der Waals surface area contributed by atoms with Gasteiger partial charge in [0.1, 0.15) is 6.54 Å². The molecule has 0 saturated carbocycles. The monoisotopic (exact) mass is 298 g/mol. The van der Waals surface area contributed by atoms with Crippen LogP contribution in [0.1, 0.15) is 5.56 Å². The van der Waals surface area contributed by atoms with E-state index in [1.54, 1.807) is 11.8 Å². The van der Waals surface area contributed by atoms with Gasteiger partial charge in [-0.1, -0.05) is 30.3 Å². The van der Waals surface area contributed by atoms with Crippen molar-refractivity contribution >= 4 is 23.4 Å². The number of carbonyl (C=O) groups excluding carboxylic acids is 1. The second kappa shape index (κ2) is 5.71. The minimum Gasteiger partial charge on any atom is -0.288 e. The van der Waals surface area contributed by atoms with E-state index in [-0.39, 0.29) is 12.5 Å². The lowest BCUT2D eigenvalue weighted by Gasteiger charge is -2.18. The number of nitrogens with zero attached hydrogens (tertiary/aromatic N) is 2. The summed E-state index contributed by atoms with van der Waals surface area (Å²) in [5, 5.41) is 12.6. The number of fused-ring (bicyclic) bond motifs is 1. The van der Waals surface area contributed by atoms with Crippen LogP contribution in [0.25, 0.3) is 5.70 Å². The molecule has 0 saturated heterocycles. The summed E-state index contributed by atoms with van der Waals surface area (Å²) in [7, 11) is 0. The first-order valence-corrected chi connectivity index (χ1v) is 7.73. The van der Waals surface area contributed by atoms with Gasteiger partial charge in [-0.05, 0) is 24.5 Å². The van der Waals surface area contributed by atoms with Gasteiger partial charge >= 0.3 is 0 Å². The lowest BCUT2D eigenvalue weighted by atomic mass is 10.1. The maximum absolute atomic E-state index is 11.8. The van der Waals surface area contributed by atoms with Crippen molar-refractivity contribution in [2.24, 2.45) is 4.99 Å². The first-order valence-electron chi connectivity index (χ1n) is 6.51. The molecule has 106 valence electrons. The van der Waals surface area contributed by atoms with Gasteiger partial charge in [-0.3, -0.25) is 10.0 Å².